The molecule has 8 aromatic carbocycles. The van der Waals surface area contributed by atoms with Crippen LogP contribution in [0.25, 0.3) is 100 Å². The first-order valence-electron chi connectivity index (χ1n) is 59.3. The summed E-state index contributed by atoms with van der Waals surface area (Å²) in [5, 5.41) is 0. The Morgan fingerprint density at radius 2 is 0.235 bits per heavy atom. The Kier molecular flexibility index (Phi) is 49.7. The highest BCUT2D eigenvalue weighted by Gasteiger charge is 2.34. The lowest BCUT2D eigenvalue weighted by molar-refractivity contribution is 0.561. The number of hydrogen-bond acceptors (Lipinski definition) is 0. The smallest absolute Gasteiger partial charge is 0.00932 e. The minimum absolute atomic E-state index is 1.18. The second-order valence-electron chi connectivity index (χ2n) is 43.4. The summed E-state index contributed by atoms with van der Waals surface area (Å²) in [4.78, 5) is 0. The summed E-state index contributed by atoms with van der Waals surface area (Å²) in [6, 6.07) is 66.0. The monoisotopic (exact) mass is 1830 g/mol. The molecule has 0 N–H and O–H groups in total. The Balaban J connectivity index is 0.953. The van der Waals surface area contributed by atoms with Gasteiger partial charge in [0.2, 0.25) is 0 Å². The quantitative estimate of drug-likeness (QED) is 0.0333. The van der Waals surface area contributed by atoms with Crippen molar-refractivity contribution in [3.8, 4) is 77.9 Å². The van der Waals surface area contributed by atoms with Crippen molar-refractivity contribution in [2.75, 3.05) is 0 Å². The van der Waals surface area contributed by atoms with Crippen molar-refractivity contribution in [3.63, 3.8) is 0 Å². The van der Waals surface area contributed by atoms with E-state index in [0.29, 0.717) is 0 Å². The van der Waals surface area contributed by atoms with Crippen LogP contribution in [0.2, 0.25) is 0 Å². The van der Waals surface area contributed by atoms with Gasteiger partial charge in [-0.05, 0) is 284 Å². The third-order valence-corrected chi connectivity index (χ3v) is 32.4. The Morgan fingerprint density at radius 1 is 0.118 bits per heavy atom. The number of benzene rings is 8. The highest BCUT2D eigenvalue weighted by molar-refractivity contribution is 6.09. The summed E-state index contributed by atoms with van der Waals surface area (Å²) in [7, 11) is 0. The maximum atomic E-state index is 2.73. The van der Waals surface area contributed by atoms with Crippen LogP contribution in [-0.4, -0.2) is 0 Å². The number of allylic oxidation sites excluding steroid dienone is 4. The summed E-state index contributed by atoms with van der Waals surface area (Å²) in [5.41, 5.74) is 44.8. The molecule has 0 heteroatoms. The lowest BCUT2D eigenvalue weighted by atomic mass is 9.87. The van der Waals surface area contributed by atoms with Crippen LogP contribution in [-0.2, 0) is 0 Å². The first-order valence-corrected chi connectivity index (χ1v) is 59.3. The number of unbranched alkanes of at least 4 members (excludes halogenated alkanes) is 56. The van der Waals surface area contributed by atoms with Gasteiger partial charge < -0.3 is 0 Å². The Morgan fingerprint density at radius 3 is 0.382 bits per heavy atom. The number of hydrogen-bond donors (Lipinski definition) is 0. The van der Waals surface area contributed by atoms with Crippen LogP contribution in [0.4, 0.5) is 0 Å². The van der Waals surface area contributed by atoms with Gasteiger partial charge in [-0.25, -0.2) is 0 Å². The van der Waals surface area contributed by atoms with E-state index in [2.05, 4.69) is 213 Å². The van der Waals surface area contributed by atoms with Gasteiger partial charge >= 0.3 is 0 Å². The van der Waals surface area contributed by atoms with Crippen molar-refractivity contribution in [2.45, 2.75) is 518 Å². The Hall–Kier alpha value is -7.28. The van der Waals surface area contributed by atoms with Gasteiger partial charge in [-0.2, -0.15) is 0 Å². The van der Waals surface area contributed by atoms with Gasteiger partial charge in [0.25, 0.3) is 0 Å². The fourth-order valence-corrected chi connectivity index (χ4v) is 24.2. The molecule has 0 spiro atoms. The van der Waals surface area contributed by atoms with Gasteiger partial charge in [0.1, 0.15) is 0 Å². The first-order chi connectivity index (χ1) is 67.4. The number of rotatable bonds is 75. The van der Waals surface area contributed by atoms with Crippen molar-refractivity contribution in [2.24, 2.45) is 0 Å². The molecular formula is C136H194. The van der Waals surface area contributed by atoms with Gasteiger partial charge in [0.05, 0.1) is 0 Å². The van der Waals surface area contributed by atoms with Crippen LogP contribution in [0.1, 0.15) is 562 Å². The predicted octanol–water partition coefficient (Wildman–Crippen LogP) is 46.1. The van der Waals surface area contributed by atoms with E-state index in [4.69, 9.17) is 0 Å². The molecule has 4 aliphatic carbocycles. The third-order valence-electron chi connectivity index (χ3n) is 32.4. The molecule has 0 saturated heterocycles. The fourth-order valence-electron chi connectivity index (χ4n) is 24.2. The molecule has 136 heavy (non-hydrogen) atoms. The van der Waals surface area contributed by atoms with Crippen LogP contribution < -0.4 is 0 Å². The van der Waals surface area contributed by atoms with Crippen molar-refractivity contribution < 1.29 is 0 Å². The third kappa shape index (κ3) is 32.4. The van der Waals surface area contributed by atoms with Gasteiger partial charge in [-0.1, -0.05) is 559 Å². The Labute approximate surface area is 836 Å². The second kappa shape index (κ2) is 62.8. The van der Waals surface area contributed by atoms with Crippen LogP contribution in [0.15, 0.2) is 180 Å². The van der Waals surface area contributed by atoms with Gasteiger partial charge in [0, 0.05) is 0 Å². The van der Waals surface area contributed by atoms with E-state index in [0.717, 1.165) is 0 Å². The van der Waals surface area contributed by atoms with Crippen molar-refractivity contribution >= 4 is 22.3 Å². The van der Waals surface area contributed by atoms with Crippen LogP contribution >= 0.6 is 0 Å². The molecule has 0 radical (unpaired) electrons. The van der Waals surface area contributed by atoms with Crippen LogP contribution in [0.3, 0.4) is 0 Å². The minimum Gasteiger partial charge on any atom is -0.0654 e. The molecule has 738 valence electrons. The highest BCUT2D eigenvalue weighted by atomic mass is 14.4. The average Bonchev–Trinajstić information content (AvgIpc) is 1.58. The molecule has 0 atom stereocenters. The zero-order chi connectivity index (χ0) is 94.6. The zero-order valence-corrected chi connectivity index (χ0v) is 88.9. The van der Waals surface area contributed by atoms with Crippen LogP contribution in [0.5, 0.6) is 0 Å². The molecule has 4 aliphatic rings. The largest absolute Gasteiger partial charge is 0.0654 e. The summed E-state index contributed by atoms with van der Waals surface area (Å²) in [6.07, 6.45) is 96.3. The SMILES string of the molecule is CCCCCCCCCCC(CCCCCCCCCC)=C1c2ccccc2-c2ccc(-c3ccc4c(c3)C(=C(CCCCCCCCCC)CCCCCCCCCC)c3cc(-c5ccc6c(c5)C(=C(CCCCCCCCCC)CCCCCCCCCC)c5cc(-c7ccc8c(c7)C(=C(CCCCCCCCCC)CCCCCCCCCC)c7ccccc7-8)ccc5-6)ccc3-4)cc21. The van der Waals surface area contributed by atoms with Crippen molar-refractivity contribution in [1.29, 1.82) is 0 Å². The fraction of sp³-hybridized carbons (Fsp3) is 0.588. The van der Waals surface area contributed by atoms with E-state index >= 15 is 0 Å². The molecule has 0 amide bonds. The molecule has 0 nitrogen and oxygen atoms in total. The maximum Gasteiger partial charge on any atom is -0.00932 e. The molecule has 0 aromatic heterocycles. The topological polar surface area (TPSA) is 0 Å². The first kappa shape index (κ1) is 108. The van der Waals surface area contributed by atoms with E-state index in [9.17, 15) is 0 Å². The predicted molar refractivity (Wildman–Crippen MR) is 606 cm³/mol. The molecule has 12 rings (SSSR count). The molecule has 0 aliphatic heterocycles. The summed E-state index contributed by atoms with van der Waals surface area (Å²) >= 11 is 0. The van der Waals surface area contributed by atoms with Crippen molar-refractivity contribution in [1.82, 2.24) is 0 Å². The normalized spacial score (nSPS) is 12.6. The van der Waals surface area contributed by atoms with Crippen molar-refractivity contribution in [3.05, 3.63) is 225 Å². The average molecular weight is 1830 g/mol. The lowest BCUT2D eigenvalue weighted by Crippen LogP contribution is -1.96. The van der Waals surface area contributed by atoms with E-state index in [1.165, 1.54) is 585 Å². The maximum absolute atomic E-state index is 2.73. The van der Waals surface area contributed by atoms with Crippen LogP contribution in [0, 0.1) is 0 Å². The van der Waals surface area contributed by atoms with E-state index in [1.807, 2.05) is 0 Å². The van der Waals surface area contributed by atoms with Gasteiger partial charge in [-0.3, -0.25) is 0 Å². The standard InChI is InChI=1S/C136H194/c1-9-17-25-33-41-49-57-65-77-107(78-66-58-50-42-34-26-18-10-2)133-125-87-75-73-85-117(125)119-95-89-111(101-127(119)133)113-91-97-121-123-99-93-115(105-131(123)135(129(121)103-113)109(81-69-61-53-45-37-29-21-13-5)82-70-62-54-46-38-30-22-14-6)116-94-100-124-122-98-92-114(104-130(122)136(132(124)106-116)110(83-71-63-55-47-39-31-23-15-7)84-72-64-56-48-40-32-24-16-8)112-90-96-120-118-86-74-76-88-126(118)134(128(120)102-112)108(79-67-59-51-43-35-27-19-11-3)80-68-60-52-44-36-28-20-12-4/h73-76,85-106H,9-72,77-84H2,1-8H3. The second-order valence-corrected chi connectivity index (χ2v) is 43.4. The van der Waals surface area contributed by atoms with Gasteiger partial charge in [0.15, 0.2) is 0 Å². The summed E-state index contributed by atoms with van der Waals surface area (Å²) in [6.45, 7) is 18.9. The summed E-state index contributed by atoms with van der Waals surface area (Å²) in [5.74, 6) is 0. The molecule has 0 unspecified atom stereocenters. The minimum atomic E-state index is 1.18. The van der Waals surface area contributed by atoms with E-state index in [1.54, 1.807) is 44.6 Å². The molecule has 8 aromatic rings. The zero-order valence-electron chi connectivity index (χ0n) is 88.9. The molecule has 0 fully saturated rings. The van der Waals surface area contributed by atoms with E-state index in [-0.39, 0.29) is 0 Å². The molecule has 0 saturated carbocycles. The Bertz CT molecular complexity index is 4520. The van der Waals surface area contributed by atoms with Gasteiger partial charge in [-0.15, -0.1) is 0 Å². The van der Waals surface area contributed by atoms with E-state index < -0.39 is 0 Å². The number of fused-ring (bicyclic) bond motifs is 12. The lowest BCUT2D eigenvalue weighted by Gasteiger charge is -2.17. The highest BCUT2D eigenvalue weighted by Crippen LogP contribution is 2.56. The molecule has 0 bridgehead atoms. The molecular weight excluding hydrogens is 1630 g/mol. The molecule has 0 heterocycles. The summed E-state index contributed by atoms with van der Waals surface area (Å²) < 4.78 is 0.